The van der Waals surface area contributed by atoms with E-state index >= 15 is 0 Å². The van der Waals surface area contributed by atoms with Crippen molar-refractivity contribution in [2.75, 3.05) is 5.32 Å². The lowest BCUT2D eigenvalue weighted by molar-refractivity contribution is -0.137. The number of halogens is 1. The highest BCUT2D eigenvalue weighted by Gasteiger charge is 2.39. The van der Waals surface area contributed by atoms with Crippen molar-refractivity contribution in [1.82, 2.24) is 9.88 Å². The summed E-state index contributed by atoms with van der Waals surface area (Å²) in [5, 5.41) is 3.03. The van der Waals surface area contributed by atoms with E-state index in [0.29, 0.717) is 16.8 Å². The van der Waals surface area contributed by atoms with E-state index in [2.05, 4.69) is 10.3 Å². The normalized spacial score (nSPS) is 13.9. The van der Waals surface area contributed by atoms with Gasteiger partial charge in [-0.05, 0) is 66.4 Å². The van der Waals surface area contributed by atoms with Crippen LogP contribution in [0.1, 0.15) is 22.3 Å². The van der Waals surface area contributed by atoms with E-state index in [4.69, 9.17) is 0 Å². The van der Waals surface area contributed by atoms with Gasteiger partial charge in [0.1, 0.15) is 11.5 Å². The van der Waals surface area contributed by atoms with Crippen molar-refractivity contribution >= 4 is 23.1 Å². The number of nitrogens with one attached hydrogen (secondary N) is 1. The zero-order valence-corrected chi connectivity index (χ0v) is 16.6. The Morgan fingerprint density at radius 1 is 0.967 bits per heavy atom. The molecule has 1 aliphatic heterocycles. The van der Waals surface area contributed by atoms with E-state index in [1.807, 2.05) is 38.1 Å². The largest absolute Gasteiger partial charge is 0.350 e. The fourth-order valence-corrected chi connectivity index (χ4v) is 3.35. The van der Waals surface area contributed by atoms with Crippen LogP contribution < -0.4 is 5.32 Å². The van der Waals surface area contributed by atoms with E-state index in [-0.39, 0.29) is 24.0 Å². The summed E-state index contributed by atoms with van der Waals surface area (Å²) in [6, 6.07) is 14.9. The maximum absolute atomic E-state index is 13.3. The third-order valence-corrected chi connectivity index (χ3v) is 5.14. The number of aryl methyl sites for hydroxylation is 2. The van der Waals surface area contributed by atoms with Gasteiger partial charge in [-0.15, -0.1) is 0 Å². The molecule has 0 saturated heterocycles. The molecule has 4 rings (SSSR count). The number of benzene rings is 2. The van der Waals surface area contributed by atoms with Gasteiger partial charge in [-0.2, -0.15) is 0 Å². The fourth-order valence-electron chi connectivity index (χ4n) is 3.35. The molecule has 0 radical (unpaired) electrons. The highest BCUT2D eigenvalue weighted by molar-refractivity contribution is 6.36. The predicted octanol–water partition coefficient (Wildman–Crippen LogP) is 4.23. The number of nitrogens with zero attached hydrogens (tertiary/aromatic N) is 2. The van der Waals surface area contributed by atoms with Crippen molar-refractivity contribution in [3.05, 3.63) is 101 Å². The molecule has 2 heterocycles. The first-order chi connectivity index (χ1) is 14.4. The van der Waals surface area contributed by atoms with Crippen LogP contribution in [0.5, 0.6) is 0 Å². The van der Waals surface area contributed by atoms with Crippen molar-refractivity contribution in [2.24, 2.45) is 0 Å². The lowest BCUT2D eigenvalue weighted by Gasteiger charge is -2.15. The zero-order valence-electron chi connectivity index (χ0n) is 16.6. The van der Waals surface area contributed by atoms with Crippen LogP contribution in [-0.2, 0) is 16.1 Å². The molecule has 0 spiro atoms. The number of rotatable bonds is 5. The SMILES string of the molecule is Cc1ccc(C2=C(Nc3ccc(F)cc3)C(=O)N(Cc3cccnc3)C2=O)cc1C. The van der Waals surface area contributed by atoms with Crippen LogP contribution in [0.25, 0.3) is 5.57 Å². The minimum atomic E-state index is -0.429. The molecule has 0 saturated carbocycles. The molecule has 1 N–H and O–H groups in total. The van der Waals surface area contributed by atoms with Gasteiger partial charge in [0, 0.05) is 18.1 Å². The Labute approximate surface area is 173 Å². The van der Waals surface area contributed by atoms with E-state index in [0.717, 1.165) is 16.7 Å². The van der Waals surface area contributed by atoms with Gasteiger partial charge < -0.3 is 5.32 Å². The first-order valence-corrected chi connectivity index (χ1v) is 9.53. The van der Waals surface area contributed by atoms with Crippen LogP contribution in [0.2, 0.25) is 0 Å². The van der Waals surface area contributed by atoms with Crippen LogP contribution in [0.3, 0.4) is 0 Å². The van der Waals surface area contributed by atoms with Gasteiger partial charge >= 0.3 is 0 Å². The Bertz CT molecular complexity index is 1150. The molecule has 6 heteroatoms. The Kier molecular flexibility index (Phi) is 5.14. The molecule has 0 unspecified atom stereocenters. The number of imide groups is 1. The maximum Gasteiger partial charge on any atom is 0.278 e. The molecular weight excluding hydrogens is 381 g/mol. The number of hydrogen-bond acceptors (Lipinski definition) is 4. The molecule has 150 valence electrons. The smallest absolute Gasteiger partial charge is 0.278 e. The molecule has 2 aromatic carbocycles. The Morgan fingerprint density at radius 3 is 2.40 bits per heavy atom. The molecule has 1 aliphatic rings. The van der Waals surface area contributed by atoms with Crippen molar-refractivity contribution in [1.29, 1.82) is 0 Å². The minimum absolute atomic E-state index is 0.119. The Hall–Kier alpha value is -3.80. The van der Waals surface area contributed by atoms with Crippen molar-refractivity contribution < 1.29 is 14.0 Å². The van der Waals surface area contributed by atoms with Gasteiger partial charge in [0.05, 0.1) is 12.1 Å². The summed E-state index contributed by atoms with van der Waals surface area (Å²) in [6.07, 6.45) is 3.26. The molecule has 3 aromatic rings. The first kappa shape index (κ1) is 19.5. The monoisotopic (exact) mass is 401 g/mol. The first-order valence-electron chi connectivity index (χ1n) is 9.53. The van der Waals surface area contributed by atoms with Crippen LogP contribution in [-0.4, -0.2) is 21.7 Å². The summed E-state index contributed by atoms with van der Waals surface area (Å²) < 4.78 is 13.3. The van der Waals surface area contributed by atoms with Crippen molar-refractivity contribution in [2.45, 2.75) is 20.4 Å². The van der Waals surface area contributed by atoms with E-state index in [9.17, 15) is 14.0 Å². The molecule has 5 nitrogen and oxygen atoms in total. The summed E-state index contributed by atoms with van der Waals surface area (Å²) in [4.78, 5) is 31.8. The highest BCUT2D eigenvalue weighted by atomic mass is 19.1. The number of aromatic nitrogens is 1. The molecular formula is C24H20FN3O2. The fraction of sp³-hybridized carbons (Fsp3) is 0.125. The number of pyridine rings is 1. The summed E-state index contributed by atoms with van der Waals surface area (Å²) in [5.41, 5.74) is 4.53. The molecule has 0 aliphatic carbocycles. The zero-order chi connectivity index (χ0) is 21.3. The number of hydrogen-bond donors (Lipinski definition) is 1. The standard InChI is InChI=1S/C24H20FN3O2/c1-15-5-6-18(12-16(15)2)21-22(27-20-9-7-19(25)8-10-20)24(30)28(23(21)29)14-17-4-3-11-26-13-17/h3-13,27H,14H2,1-2H3. The Morgan fingerprint density at radius 2 is 1.73 bits per heavy atom. The van der Waals surface area contributed by atoms with Crippen molar-refractivity contribution in [3.63, 3.8) is 0 Å². The van der Waals surface area contributed by atoms with E-state index in [1.165, 1.54) is 29.2 Å². The summed E-state index contributed by atoms with van der Waals surface area (Å²) in [6.45, 7) is 4.07. The van der Waals surface area contributed by atoms with Gasteiger partial charge in [-0.1, -0.05) is 24.3 Å². The van der Waals surface area contributed by atoms with Gasteiger partial charge in [-0.3, -0.25) is 19.5 Å². The van der Waals surface area contributed by atoms with Crippen molar-refractivity contribution in [3.8, 4) is 0 Å². The average Bonchev–Trinajstić information content (AvgIpc) is 2.97. The summed E-state index contributed by atoms with van der Waals surface area (Å²) in [5.74, 6) is -1.19. The van der Waals surface area contributed by atoms with Gasteiger partial charge in [0.25, 0.3) is 11.8 Å². The van der Waals surface area contributed by atoms with Crippen LogP contribution in [0.4, 0.5) is 10.1 Å². The van der Waals surface area contributed by atoms with Gasteiger partial charge in [-0.25, -0.2) is 4.39 Å². The number of carbonyl (C=O) groups is 2. The topological polar surface area (TPSA) is 62.3 Å². The second-order valence-electron chi connectivity index (χ2n) is 7.24. The molecule has 1 aromatic heterocycles. The van der Waals surface area contributed by atoms with Crippen LogP contribution in [0, 0.1) is 19.7 Å². The van der Waals surface area contributed by atoms with E-state index in [1.54, 1.807) is 18.5 Å². The van der Waals surface area contributed by atoms with Gasteiger partial charge in [0.2, 0.25) is 0 Å². The number of amides is 2. The predicted molar refractivity (Wildman–Crippen MR) is 113 cm³/mol. The summed E-state index contributed by atoms with van der Waals surface area (Å²) in [7, 11) is 0. The number of anilines is 1. The average molecular weight is 401 g/mol. The third kappa shape index (κ3) is 3.72. The Balaban J connectivity index is 1.76. The quantitative estimate of drug-likeness (QED) is 0.650. The molecule has 2 amide bonds. The van der Waals surface area contributed by atoms with Gasteiger partial charge in [0.15, 0.2) is 0 Å². The minimum Gasteiger partial charge on any atom is -0.350 e. The second-order valence-corrected chi connectivity index (χ2v) is 7.24. The summed E-state index contributed by atoms with van der Waals surface area (Å²) >= 11 is 0. The number of carbonyl (C=O) groups excluding carboxylic acids is 2. The third-order valence-electron chi connectivity index (χ3n) is 5.14. The maximum atomic E-state index is 13.3. The highest BCUT2D eigenvalue weighted by Crippen LogP contribution is 2.32. The second kappa shape index (κ2) is 7.91. The lowest BCUT2D eigenvalue weighted by atomic mass is 9.99. The molecule has 0 atom stereocenters. The molecule has 30 heavy (non-hydrogen) atoms. The van der Waals surface area contributed by atoms with Crippen LogP contribution in [0.15, 0.2) is 72.7 Å². The molecule has 0 bridgehead atoms. The van der Waals surface area contributed by atoms with E-state index < -0.39 is 5.91 Å². The lowest BCUT2D eigenvalue weighted by Crippen LogP contribution is -2.32. The van der Waals surface area contributed by atoms with Crippen LogP contribution >= 0.6 is 0 Å². The molecule has 0 fully saturated rings.